The lowest BCUT2D eigenvalue weighted by Gasteiger charge is -2.34. The number of benzene rings is 1. The Morgan fingerprint density at radius 3 is 2.92 bits per heavy atom. The van der Waals surface area contributed by atoms with Gasteiger partial charge in [0.1, 0.15) is 0 Å². The first-order valence-corrected chi connectivity index (χ1v) is 9.58. The number of rotatable bonds is 6. The summed E-state index contributed by atoms with van der Waals surface area (Å²) in [5.41, 5.74) is 3.54. The highest BCUT2D eigenvalue weighted by atomic mass is 32.1. The second-order valence-corrected chi connectivity index (χ2v) is 7.98. The molecule has 1 aliphatic carbocycles. The van der Waals surface area contributed by atoms with Crippen molar-refractivity contribution in [2.75, 3.05) is 13.6 Å². The second-order valence-electron chi connectivity index (χ2n) is 6.92. The largest absolute Gasteiger partial charge is 0.320 e. The van der Waals surface area contributed by atoms with Gasteiger partial charge in [-0.25, -0.2) is 4.98 Å². The molecule has 1 aliphatic rings. The number of nitrogens with one attached hydrogen (secondary N) is 1. The van der Waals surface area contributed by atoms with Crippen LogP contribution < -0.4 is 5.32 Å². The lowest BCUT2D eigenvalue weighted by atomic mass is 9.73. The Hall–Kier alpha value is -1.72. The molecule has 0 bridgehead atoms. The van der Waals surface area contributed by atoms with E-state index < -0.39 is 0 Å². The van der Waals surface area contributed by atoms with Crippen LogP contribution in [0.25, 0.3) is 21.3 Å². The Labute approximate surface area is 146 Å². The van der Waals surface area contributed by atoms with Crippen LogP contribution in [0.1, 0.15) is 36.6 Å². The topological polar surface area (TPSA) is 42.7 Å². The highest BCUT2D eigenvalue weighted by Gasteiger charge is 2.31. The van der Waals surface area contributed by atoms with Crippen LogP contribution in [0.3, 0.4) is 0 Å². The minimum absolute atomic E-state index is 0.684. The average molecular weight is 340 g/mol. The molecule has 2 heterocycles. The number of hydrogen-bond acceptors (Lipinski definition) is 4. The summed E-state index contributed by atoms with van der Waals surface area (Å²) < 4.78 is 3.14. The summed E-state index contributed by atoms with van der Waals surface area (Å²) in [7, 11) is 3.99. The maximum Gasteiger partial charge on any atom is 0.0969 e. The van der Waals surface area contributed by atoms with Crippen molar-refractivity contribution in [3.63, 3.8) is 0 Å². The van der Waals surface area contributed by atoms with Crippen LogP contribution in [-0.4, -0.2) is 28.4 Å². The molecule has 1 aromatic carbocycles. The highest BCUT2D eigenvalue weighted by molar-refractivity contribution is 7.18. The summed E-state index contributed by atoms with van der Waals surface area (Å²) in [5.74, 6) is 1.59. The van der Waals surface area contributed by atoms with Gasteiger partial charge in [-0.3, -0.25) is 4.68 Å². The predicted octanol–water partition coefficient (Wildman–Crippen LogP) is 4.19. The molecule has 4 nitrogen and oxygen atoms in total. The van der Waals surface area contributed by atoms with Crippen LogP contribution in [0.2, 0.25) is 0 Å². The minimum atomic E-state index is 0.684. The molecule has 0 radical (unpaired) electrons. The van der Waals surface area contributed by atoms with E-state index in [4.69, 9.17) is 4.98 Å². The SMILES string of the molecule is CNCCC[C@H]1C[C@H](c2nc3ccc(-c4cnn(C)c4)cc3s2)C1. The zero-order chi connectivity index (χ0) is 16.5. The predicted molar refractivity (Wildman–Crippen MR) is 100 cm³/mol. The van der Waals surface area contributed by atoms with Crippen molar-refractivity contribution in [2.45, 2.75) is 31.6 Å². The van der Waals surface area contributed by atoms with Crippen molar-refractivity contribution in [1.29, 1.82) is 0 Å². The van der Waals surface area contributed by atoms with Gasteiger partial charge in [-0.15, -0.1) is 11.3 Å². The van der Waals surface area contributed by atoms with Crippen molar-refractivity contribution in [2.24, 2.45) is 13.0 Å². The van der Waals surface area contributed by atoms with Crippen molar-refractivity contribution in [1.82, 2.24) is 20.1 Å². The van der Waals surface area contributed by atoms with E-state index >= 15 is 0 Å². The fraction of sp³-hybridized carbons (Fsp3) is 0.474. The summed E-state index contributed by atoms with van der Waals surface area (Å²) in [5, 5.41) is 8.84. The first kappa shape index (κ1) is 15.8. The monoisotopic (exact) mass is 340 g/mol. The average Bonchev–Trinajstić information content (AvgIpc) is 3.14. The van der Waals surface area contributed by atoms with Crippen LogP contribution in [0.4, 0.5) is 0 Å². The van der Waals surface area contributed by atoms with E-state index in [2.05, 4.69) is 34.8 Å². The van der Waals surface area contributed by atoms with Gasteiger partial charge >= 0.3 is 0 Å². The van der Waals surface area contributed by atoms with Gasteiger partial charge in [-0.05, 0) is 62.9 Å². The molecule has 0 atom stereocenters. The standard InChI is InChI=1S/C19H24N4S/c1-20-7-3-4-13-8-15(9-13)19-22-17-6-5-14(10-18(17)24-19)16-11-21-23(2)12-16/h5-6,10-13,15,20H,3-4,7-9H2,1-2H3/t13-,15-. The zero-order valence-corrected chi connectivity index (χ0v) is 15.1. The third kappa shape index (κ3) is 3.10. The lowest BCUT2D eigenvalue weighted by molar-refractivity contribution is 0.243. The number of fused-ring (bicyclic) bond motifs is 1. The molecule has 24 heavy (non-hydrogen) atoms. The molecular weight excluding hydrogens is 316 g/mol. The molecule has 0 unspecified atom stereocenters. The number of thiazole rings is 1. The van der Waals surface area contributed by atoms with Gasteiger partial charge in [0.25, 0.3) is 0 Å². The Morgan fingerprint density at radius 1 is 1.29 bits per heavy atom. The molecular formula is C19H24N4S. The van der Waals surface area contributed by atoms with Crippen molar-refractivity contribution in [3.8, 4) is 11.1 Å². The third-order valence-corrected chi connectivity index (χ3v) is 6.25. The normalized spacial score (nSPS) is 20.4. The van der Waals surface area contributed by atoms with Crippen molar-refractivity contribution >= 4 is 21.6 Å². The third-order valence-electron chi connectivity index (χ3n) is 5.07. The first-order valence-electron chi connectivity index (χ1n) is 8.77. The summed E-state index contributed by atoms with van der Waals surface area (Å²) in [6, 6.07) is 6.57. The van der Waals surface area contributed by atoms with E-state index in [9.17, 15) is 0 Å². The summed E-state index contributed by atoms with van der Waals surface area (Å²) in [6.45, 7) is 1.14. The molecule has 3 aromatic rings. The van der Waals surface area contributed by atoms with Gasteiger partial charge in [-0.2, -0.15) is 5.10 Å². The van der Waals surface area contributed by atoms with E-state index in [-0.39, 0.29) is 0 Å². The van der Waals surface area contributed by atoms with Crippen LogP contribution in [-0.2, 0) is 7.05 Å². The Kier molecular flexibility index (Phi) is 4.37. The molecule has 1 saturated carbocycles. The van der Waals surface area contributed by atoms with Crippen molar-refractivity contribution in [3.05, 3.63) is 35.6 Å². The second kappa shape index (κ2) is 6.65. The fourth-order valence-electron chi connectivity index (χ4n) is 3.61. The lowest BCUT2D eigenvalue weighted by Crippen LogP contribution is -2.22. The van der Waals surface area contributed by atoms with Crippen LogP contribution in [0.15, 0.2) is 30.6 Å². The van der Waals surface area contributed by atoms with E-state index in [1.54, 1.807) is 0 Å². The molecule has 1 N–H and O–H groups in total. The van der Waals surface area contributed by atoms with Gasteiger partial charge < -0.3 is 5.32 Å². The molecule has 126 valence electrons. The van der Waals surface area contributed by atoms with E-state index in [1.807, 2.05) is 36.3 Å². The van der Waals surface area contributed by atoms with Gasteiger partial charge in [0.15, 0.2) is 0 Å². The highest BCUT2D eigenvalue weighted by Crippen LogP contribution is 2.46. The molecule has 4 rings (SSSR count). The Bertz CT molecular complexity index is 829. The van der Waals surface area contributed by atoms with E-state index in [0.717, 1.165) is 18.0 Å². The Morgan fingerprint density at radius 2 is 2.17 bits per heavy atom. The molecule has 0 spiro atoms. The smallest absolute Gasteiger partial charge is 0.0969 e. The minimum Gasteiger partial charge on any atom is -0.320 e. The Balaban J connectivity index is 1.46. The summed E-state index contributed by atoms with van der Waals surface area (Å²) >= 11 is 1.88. The fourth-order valence-corrected chi connectivity index (χ4v) is 4.74. The van der Waals surface area contributed by atoms with Crippen LogP contribution in [0.5, 0.6) is 0 Å². The molecule has 0 amide bonds. The molecule has 0 aliphatic heterocycles. The number of nitrogens with zero attached hydrogens (tertiary/aromatic N) is 3. The zero-order valence-electron chi connectivity index (χ0n) is 14.3. The van der Waals surface area contributed by atoms with Crippen LogP contribution >= 0.6 is 11.3 Å². The molecule has 2 aromatic heterocycles. The maximum atomic E-state index is 4.89. The molecule has 1 fully saturated rings. The maximum absolute atomic E-state index is 4.89. The first-order chi connectivity index (χ1) is 11.7. The number of hydrogen-bond donors (Lipinski definition) is 1. The molecule has 5 heteroatoms. The number of aromatic nitrogens is 3. The van der Waals surface area contributed by atoms with E-state index in [0.29, 0.717) is 5.92 Å². The summed E-state index contributed by atoms with van der Waals surface area (Å²) in [6.07, 6.45) is 9.27. The van der Waals surface area contributed by atoms with Crippen molar-refractivity contribution < 1.29 is 0 Å². The van der Waals surface area contributed by atoms with E-state index in [1.165, 1.54) is 46.5 Å². The quantitative estimate of drug-likeness (QED) is 0.684. The van der Waals surface area contributed by atoms with Gasteiger partial charge in [0, 0.05) is 24.7 Å². The molecule has 0 saturated heterocycles. The summed E-state index contributed by atoms with van der Waals surface area (Å²) in [4.78, 5) is 4.89. The van der Waals surface area contributed by atoms with Gasteiger partial charge in [0.05, 0.1) is 21.4 Å². The van der Waals surface area contributed by atoms with Gasteiger partial charge in [-0.1, -0.05) is 6.07 Å². The van der Waals surface area contributed by atoms with Crippen LogP contribution in [0, 0.1) is 5.92 Å². The number of aryl methyl sites for hydroxylation is 1. The van der Waals surface area contributed by atoms with Gasteiger partial charge in [0.2, 0.25) is 0 Å².